The molecular formula is C11H12O6. The minimum Gasteiger partial charge on any atom is -0.508 e. The SMILES string of the molecule is O=C(O)C(O)(CCc1ccc(O)cc1)C(=O)O. The Bertz CT molecular complexity index is 408. The van der Waals surface area contributed by atoms with Gasteiger partial charge in [0.25, 0.3) is 5.60 Å². The molecule has 0 heterocycles. The summed E-state index contributed by atoms with van der Waals surface area (Å²) in [5, 5.41) is 35.8. The molecule has 0 amide bonds. The predicted molar refractivity (Wildman–Crippen MR) is 56.6 cm³/mol. The Labute approximate surface area is 96.8 Å². The molecule has 0 aromatic heterocycles. The topological polar surface area (TPSA) is 115 Å². The molecule has 0 aliphatic carbocycles. The van der Waals surface area contributed by atoms with Gasteiger partial charge in [-0.25, -0.2) is 9.59 Å². The molecule has 4 N–H and O–H groups in total. The lowest BCUT2D eigenvalue weighted by molar-refractivity contribution is -0.176. The van der Waals surface area contributed by atoms with Crippen molar-refractivity contribution in [2.75, 3.05) is 0 Å². The molecule has 1 aromatic carbocycles. The summed E-state index contributed by atoms with van der Waals surface area (Å²) < 4.78 is 0. The third kappa shape index (κ3) is 2.94. The third-order valence-electron chi connectivity index (χ3n) is 2.42. The van der Waals surface area contributed by atoms with E-state index in [1.54, 1.807) is 0 Å². The van der Waals surface area contributed by atoms with E-state index in [2.05, 4.69) is 0 Å². The Kier molecular flexibility index (Phi) is 3.69. The van der Waals surface area contributed by atoms with Gasteiger partial charge in [-0.2, -0.15) is 0 Å². The van der Waals surface area contributed by atoms with E-state index in [0.29, 0.717) is 5.56 Å². The standard InChI is InChI=1S/C11H12O6/c12-8-3-1-7(2-4-8)5-6-11(17,9(13)14)10(15)16/h1-4,12,17H,5-6H2,(H,13,14)(H,15,16). The van der Waals surface area contributed by atoms with Gasteiger partial charge < -0.3 is 20.4 Å². The fourth-order valence-electron chi connectivity index (χ4n) is 1.29. The van der Waals surface area contributed by atoms with Crippen molar-refractivity contribution in [3.63, 3.8) is 0 Å². The van der Waals surface area contributed by atoms with Crippen LogP contribution in [0.5, 0.6) is 5.75 Å². The van der Waals surface area contributed by atoms with E-state index in [9.17, 15) is 14.7 Å². The Hall–Kier alpha value is -2.08. The van der Waals surface area contributed by atoms with Gasteiger partial charge in [0.1, 0.15) is 5.75 Å². The first-order chi connectivity index (χ1) is 7.86. The monoisotopic (exact) mass is 240 g/mol. The summed E-state index contributed by atoms with van der Waals surface area (Å²) in [7, 11) is 0. The first-order valence-electron chi connectivity index (χ1n) is 4.83. The summed E-state index contributed by atoms with van der Waals surface area (Å²) >= 11 is 0. The van der Waals surface area contributed by atoms with Gasteiger partial charge in [-0.05, 0) is 24.1 Å². The van der Waals surface area contributed by atoms with E-state index in [4.69, 9.17) is 15.3 Å². The number of phenolic OH excluding ortho intramolecular Hbond substituents is 1. The smallest absolute Gasteiger partial charge is 0.347 e. The van der Waals surface area contributed by atoms with Crippen LogP contribution in [0.3, 0.4) is 0 Å². The van der Waals surface area contributed by atoms with Crippen molar-refractivity contribution in [3.8, 4) is 5.75 Å². The van der Waals surface area contributed by atoms with Crippen LogP contribution in [0.1, 0.15) is 12.0 Å². The molecule has 0 bridgehead atoms. The Morgan fingerprint density at radius 3 is 1.94 bits per heavy atom. The average molecular weight is 240 g/mol. The number of benzene rings is 1. The molecule has 92 valence electrons. The summed E-state index contributed by atoms with van der Waals surface area (Å²) in [6, 6.07) is 5.85. The summed E-state index contributed by atoms with van der Waals surface area (Å²) in [5.41, 5.74) is -2.15. The number of aryl methyl sites for hydroxylation is 1. The van der Waals surface area contributed by atoms with E-state index in [-0.39, 0.29) is 12.2 Å². The van der Waals surface area contributed by atoms with Crippen LogP contribution in [0, 0.1) is 0 Å². The zero-order chi connectivity index (χ0) is 13.1. The number of phenols is 1. The molecule has 0 spiro atoms. The molecule has 1 rings (SSSR count). The van der Waals surface area contributed by atoms with Crippen LogP contribution in [0.2, 0.25) is 0 Å². The zero-order valence-corrected chi connectivity index (χ0v) is 8.83. The summed E-state index contributed by atoms with van der Waals surface area (Å²) in [4.78, 5) is 21.3. The number of carboxylic acids is 2. The lowest BCUT2D eigenvalue weighted by Crippen LogP contribution is -2.46. The summed E-state index contributed by atoms with van der Waals surface area (Å²) in [5.74, 6) is -3.52. The molecule has 0 saturated carbocycles. The number of aliphatic hydroxyl groups is 1. The Balaban J connectivity index is 2.74. The van der Waals surface area contributed by atoms with Crippen molar-refractivity contribution in [2.45, 2.75) is 18.4 Å². The maximum atomic E-state index is 10.7. The number of hydrogen-bond acceptors (Lipinski definition) is 4. The second-order valence-corrected chi connectivity index (χ2v) is 3.64. The fourth-order valence-corrected chi connectivity index (χ4v) is 1.29. The van der Waals surface area contributed by atoms with Gasteiger partial charge in [0.15, 0.2) is 0 Å². The van der Waals surface area contributed by atoms with Gasteiger partial charge >= 0.3 is 11.9 Å². The molecule has 0 aliphatic heterocycles. The highest BCUT2D eigenvalue weighted by molar-refractivity contribution is 6.01. The van der Waals surface area contributed by atoms with Crippen LogP contribution >= 0.6 is 0 Å². The minimum absolute atomic E-state index is 0.0560. The largest absolute Gasteiger partial charge is 0.508 e. The number of carboxylic acid groups (broad SMARTS) is 2. The highest BCUT2D eigenvalue weighted by atomic mass is 16.4. The molecule has 0 atom stereocenters. The molecule has 0 radical (unpaired) electrons. The molecule has 1 aromatic rings. The van der Waals surface area contributed by atoms with Gasteiger partial charge in [0, 0.05) is 6.42 Å². The maximum Gasteiger partial charge on any atom is 0.347 e. The molecule has 17 heavy (non-hydrogen) atoms. The fraction of sp³-hybridized carbons (Fsp3) is 0.273. The van der Waals surface area contributed by atoms with E-state index >= 15 is 0 Å². The third-order valence-corrected chi connectivity index (χ3v) is 2.42. The van der Waals surface area contributed by atoms with Crippen LogP contribution in [-0.4, -0.2) is 38.0 Å². The van der Waals surface area contributed by atoms with Gasteiger partial charge in [-0.1, -0.05) is 12.1 Å². The van der Waals surface area contributed by atoms with E-state index in [1.165, 1.54) is 24.3 Å². The molecular weight excluding hydrogens is 228 g/mol. The predicted octanol–water partition coefficient (Wildman–Crippen LogP) is 0.225. The van der Waals surface area contributed by atoms with E-state index in [0.717, 1.165) is 0 Å². The van der Waals surface area contributed by atoms with Gasteiger partial charge in [0.05, 0.1) is 0 Å². The quantitative estimate of drug-likeness (QED) is 0.547. The van der Waals surface area contributed by atoms with Crippen LogP contribution in [0.25, 0.3) is 0 Å². The van der Waals surface area contributed by atoms with Crippen LogP contribution < -0.4 is 0 Å². The van der Waals surface area contributed by atoms with Gasteiger partial charge in [0.2, 0.25) is 0 Å². The molecule has 0 unspecified atom stereocenters. The second kappa shape index (κ2) is 4.84. The second-order valence-electron chi connectivity index (χ2n) is 3.64. The van der Waals surface area contributed by atoms with Crippen molar-refractivity contribution >= 4 is 11.9 Å². The van der Waals surface area contributed by atoms with Crippen molar-refractivity contribution in [2.24, 2.45) is 0 Å². The Morgan fingerprint density at radius 1 is 1.06 bits per heavy atom. The Morgan fingerprint density at radius 2 is 1.53 bits per heavy atom. The highest BCUT2D eigenvalue weighted by Crippen LogP contribution is 2.17. The van der Waals surface area contributed by atoms with Crippen molar-refractivity contribution < 1.29 is 30.0 Å². The summed E-state index contributed by atoms with van der Waals surface area (Å²) in [6.07, 6.45) is -0.363. The van der Waals surface area contributed by atoms with Crippen LogP contribution in [0.15, 0.2) is 24.3 Å². The first kappa shape index (κ1) is 13.0. The number of aliphatic carboxylic acids is 2. The van der Waals surface area contributed by atoms with Crippen molar-refractivity contribution in [1.29, 1.82) is 0 Å². The average Bonchev–Trinajstić information content (AvgIpc) is 2.27. The molecule has 0 saturated heterocycles. The first-order valence-corrected chi connectivity index (χ1v) is 4.83. The minimum atomic E-state index is -2.78. The molecule has 0 aliphatic rings. The van der Waals surface area contributed by atoms with Crippen LogP contribution in [-0.2, 0) is 16.0 Å². The number of hydrogen-bond donors (Lipinski definition) is 4. The van der Waals surface area contributed by atoms with Crippen LogP contribution in [0.4, 0.5) is 0 Å². The van der Waals surface area contributed by atoms with E-state index < -0.39 is 24.0 Å². The van der Waals surface area contributed by atoms with Gasteiger partial charge in [-0.3, -0.25) is 0 Å². The molecule has 6 heteroatoms. The summed E-state index contributed by atoms with van der Waals surface area (Å²) in [6.45, 7) is 0. The van der Waals surface area contributed by atoms with Crippen molar-refractivity contribution in [3.05, 3.63) is 29.8 Å². The number of rotatable bonds is 5. The lowest BCUT2D eigenvalue weighted by Gasteiger charge is -2.17. The number of carbonyl (C=O) groups is 2. The maximum absolute atomic E-state index is 10.7. The lowest BCUT2D eigenvalue weighted by atomic mass is 9.95. The van der Waals surface area contributed by atoms with Gasteiger partial charge in [-0.15, -0.1) is 0 Å². The normalized spacial score (nSPS) is 11.1. The number of aromatic hydroxyl groups is 1. The molecule has 0 fully saturated rings. The van der Waals surface area contributed by atoms with Crippen molar-refractivity contribution in [1.82, 2.24) is 0 Å². The highest BCUT2D eigenvalue weighted by Gasteiger charge is 2.44. The molecule has 6 nitrogen and oxygen atoms in total. The zero-order valence-electron chi connectivity index (χ0n) is 8.83. The van der Waals surface area contributed by atoms with E-state index in [1.807, 2.05) is 0 Å².